The van der Waals surface area contributed by atoms with Gasteiger partial charge in [-0.2, -0.15) is 5.10 Å². The molecule has 8 heteroatoms. The zero-order valence-corrected chi connectivity index (χ0v) is 15.2. The maximum absolute atomic E-state index is 13.5. The van der Waals surface area contributed by atoms with Gasteiger partial charge in [0, 0.05) is 44.4 Å². The van der Waals surface area contributed by atoms with E-state index in [0.717, 1.165) is 6.42 Å². The average molecular weight is 369 g/mol. The van der Waals surface area contributed by atoms with Crippen molar-refractivity contribution in [3.05, 3.63) is 48.5 Å². The van der Waals surface area contributed by atoms with Crippen LogP contribution in [0.2, 0.25) is 0 Å². The first-order valence-electron chi connectivity index (χ1n) is 9.27. The van der Waals surface area contributed by atoms with Gasteiger partial charge in [0.05, 0.1) is 25.3 Å². The van der Waals surface area contributed by atoms with Gasteiger partial charge in [-0.25, -0.2) is 0 Å². The summed E-state index contributed by atoms with van der Waals surface area (Å²) in [5, 5.41) is 4.38. The van der Waals surface area contributed by atoms with Crippen LogP contribution in [-0.4, -0.2) is 75.8 Å². The second-order valence-corrected chi connectivity index (χ2v) is 6.96. The van der Waals surface area contributed by atoms with E-state index in [4.69, 9.17) is 4.74 Å². The Morgan fingerprint density at radius 2 is 1.93 bits per heavy atom. The molecule has 0 radical (unpaired) electrons. The Hall–Kier alpha value is -2.74. The highest BCUT2D eigenvalue weighted by atomic mass is 16.5. The fraction of sp³-hybridized carbons (Fsp3) is 0.474. The minimum Gasteiger partial charge on any atom is -0.378 e. The summed E-state index contributed by atoms with van der Waals surface area (Å²) < 4.78 is 7.12. The lowest BCUT2D eigenvalue weighted by Crippen LogP contribution is -2.61. The Labute approximate surface area is 157 Å². The number of nitrogens with zero attached hydrogens (tertiary/aromatic N) is 5. The van der Waals surface area contributed by atoms with Crippen LogP contribution in [0.5, 0.6) is 0 Å². The van der Waals surface area contributed by atoms with Crippen LogP contribution in [-0.2, 0) is 15.1 Å². The number of hydrogen-bond donors (Lipinski definition) is 0. The molecule has 0 bridgehead atoms. The van der Waals surface area contributed by atoms with Crippen molar-refractivity contribution in [2.75, 3.05) is 39.4 Å². The van der Waals surface area contributed by atoms with E-state index in [0.29, 0.717) is 51.4 Å². The van der Waals surface area contributed by atoms with Crippen molar-refractivity contribution < 1.29 is 14.3 Å². The molecule has 2 aliphatic rings. The molecule has 27 heavy (non-hydrogen) atoms. The third-order valence-electron chi connectivity index (χ3n) is 5.31. The van der Waals surface area contributed by atoms with Gasteiger partial charge in [-0.1, -0.05) is 0 Å². The standard InChI is InChI=1S/C19H23N5O3/c25-17(16-4-1-6-20-14-16)23-8-2-5-19(15-23,24-9-3-7-21-24)18(26)22-10-12-27-13-11-22/h1,3-4,6-7,9,14H,2,5,8,10-13,15H2/t19-/m0/s1. The third kappa shape index (κ3) is 3.32. The molecule has 2 aromatic heterocycles. The first-order chi connectivity index (χ1) is 13.2. The van der Waals surface area contributed by atoms with Gasteiger partial charge in [0.25, 0.3) is 11.8 Å². The minimum absolute atomic E-state index is 0.0122. The average Bonchev–Trinajstić information content (AvgIpc) is 3.29. The molecule has 0 N–H and O–H groups in total. The van der Waals surface area contributed by atoms with Crippen LogP contribution >= 0.6 is 0 Å². The van der Waals surface area contributed by atoms with Crippen molar-refractivity contribution in [3.8, 4) is 0 Å². The van der Waals surface area contributed by atoms with Crippen molar-refractivity contribution in [1.29, 1.82) is 0 Å². The number of aromatic nitrogens is 3. The second-order valence-electron chi connectivity index (χ2n) is 6.96. The maximum atomic E-state index is 13.5. The molecule has 0 aromatic carbocycles. The summed E-state index contributed by atoms with van der Waals surface area (Å²) in [5.41, 5.74) is -0.343. The Bertz CT molecular complexity index is 789. The molecule has 0 unspecified atom stereocenters. The highest BCUT2D eigenvalue weighted by Crippen LogP contribution is 2.31. The molecule has 0 saturated carbocycles. The van der Waals surface area contributed by atoms with E-state index in [2.05, 4.69) is 10.1 Å². The number of likely N-dealkylation sites (tertiary alicyclic amines) is 1. The number of morpholine rings is 1. The minimum atomic E-state index is -0.878. The number of ether oxygens (including phenoxy) is 1. The molecule has 4 heterocycles. The number of carbonyl (C=O) groups is 2. The topological polar surface area (TPSA) is 80.6 Å². The van der Waals surface area contributed by atoms with Crippen LogP contribution in [0.1, 0.15) is 23.2 Å². The Kier molecular flexibility index (Phi) is 4.89. The summed E-state index contributed by atoms with van der Waals surface area (Å²) in [6.45, 7) is 3.14. The van der Waals surface area contributed by atoms with Crippen LogP contribution < -0.4 is 0 Å². The third-order valence-corrected chi connectivity index (χ3v) is 5.31. The van der Waals surface area contributed by atoms with Gasteiger partial charge >= 0.3 is 0 Å². The zero-order chi connectivity index (χ0) is 18.7. The molecule has 1 atom stereocenters. The first-order valence-corrected chi connectivity index (χ1v) is 9.27. The normalized spacial score (nSPS) is 23.3. The number of rotatable bonds is 3. The molecule has 2 aromatic rings. The SMILES string of the molecule is O=C(c1cccnc1)N1CCC[C@](C(=O)N2CCOCC2)(n2cccn2)C1. The Balaban J connectivity index is 1.64. The summed E-state index contributed by atoms with van der Waals surface area (Å²) >= 11 is 0. The number of hydrogen-bond acceptors (Lipinski definition) is 5. The molecule has 2 amide bonds. The van der Waals surface area contributed by atoms with Crippen LogP contribution in [0.15, 0.2) is 43.0 Å². The number of pyridine rings is 1. The lowest BCUT2D eigenvalue weighted by Gasteiger charge is -2.44. The van der Waals surface area contributed by atoms with Gasteiger partial charge in [-0.15, -0.1) is 0 Å². The highest BCUT2D eigenvalue weighted by molar-refractivity contribution is 5.95. The maximum Gasteiger partial charge on any atom is 0.255 e. The van der Waals surface area contributed by atoms with Crippen molar-refractivity contribution in [2.45, 2.75) is 18.4 Å². The van der Waals surface area contributed by atoms with Gasteiger partial charge in [0.15, 0.2) is 5.54 Å². The van der Waals surface area contributed by atoms with E-state index >= 15 is 0 Å². The molecular formula is C19H23N5O3. The molecule has 8 nitrogen and oxygen atoms in total. The van der Waals surface area contributed by atoms with Crippen LogP contribution in [0.25, 0.3) is 0 Å². The smallest absolute Gasteiger partial charge is 0.255 e. The monoisotopic (exact) mass is 369 g/mol. The van der Waals surface area contributed by atoms with Crippen LogP contribution in [0, 0.1) is 0 Å². The number of piperidine rings is 1. The van der Waals surface area contributed by atoms with Gasteiger partial charge in [0.1, 0.15) is 0 Å². The Morgan fingerprint density at radius 1 is 1.07 bits per heavy atom. The summed E-state index contributed by atoms with van der Waals surface area (Å²) in [6.07, 6.45) is 8.09. The van der Waals surface area contributed by atoms with Crippen LogP contribution in [0.4, 0.5) is 0 Å². The van der Waals surface area contributed by atoms with Gasteiger partial charge in [-0.3, -0.25) is 19.3 Å². The van der Waals surface area contributed by atoms with Crippen molar-refractivity contribution in [3.63, 3.8) is 0 Å². The van der Waals surface area contributed by atoms with Gasteiger partial charge < -0.3 is 14.5 Å². The van der Waals surface area contributed by atoms with Crippen molar-refractivity contribution in [1.82, 2.24) is 24.6 Å². The largest absolute Gasteiger partial charge is 0.378 e. The number of amides is 2. The molecule has 4 rings (SSSR count). The summed E-state index contributed by atoms with van der Waals surface area (Å²) in [7, 11) is 0. The lowest BCUT2D eigenvalue weighted by molar-refractivity contribution is -0.148. The predicted molar refractivity (Wildman–Crippen MR) is 97.0 cm³/mol. The van der Waals surface area contributed by atoms with Crippen molar-refractivity contribution >= 4 is 11.8 Å². The van der Waals surface area contributed by atoms with E-state index in [1.54, 1.807) is 40.3 Å². The number of carbonyl (C=O) groups excluding carboxylic acids is 2. The van der Waals surface area contributed by atoms with Gasteiger partial charge in [-0.05, 0) is 31.0 Å². The first kappa shape index (κ1) is 17.7. The lowest BCUT2D eigenvalue weighted by atomic mass is 9.86. The summed E-state index contributed by atoms with van der Waals surface area (Å²) in [4.78, 5) is 34.1. The molecular weight excluding hydrogens is 346 g/mol. The fourth-order valence-electron chi connectivity index (χ4n) is 3.92. The molecule has 2 saturated heterocycles. The second kappa shape index (κ2) is 7.48. The fourth-order valence-corrected chi connectivity index (χ4v) is 3.92. The van der Waals surface area contributed by atoms with E-state index < -0.39 is 5.54 Å². The molecule has 0 aliphatic carbocycles. The molecule has 2 aliphatic heterocycles. The highest BCUT2D eigenvalue weighted by Gasteiger charge is 2.48. The van der Waals surface area contributed by atoms with E-state index in [1.807, 2.05) is 17.2 Å². The van der Waals surface area contributed by atoms with E-state index in [1.165, 1.54) is 0 Å². The quantitative estimate of drug-likeness (QED) is 0.798. The molecule has 0 spiro atoms. The molecule has 2 fully saturated rings. The zero-order valence-electron chi connectivity index (χ0n) is 15.2. The summed E-state index contributed by atoms with van der Waals surface area (Å²) in [6, 6.07) is 5.32. The van der Waals surface area contributed by atoms with E-state index in [9.17, 15) is 9.59 Å². The van der Waals surface area contributed by atoms with Crippen molar-refractivity contribution in [2.24, 2.45) is 0 Å². The van der Waals surface area contributed by atoms with Crippen LogP contribution in [0.3, 0.4) is 0 Å². The molecule has 142 valence electrons. The predicted octanol–water partition coefficient (Wildman–Crippen LogP) is 0.768. The summed E-state index contributed by atoms with van der Waals surface area (Å²) in [5.74, 6) is -0.0905. The van der Waals surface area contributed by atoms with Gasteiger partial charge in [0.2, 0.25) is 0 Å². The van der Waals surface area contributed by atoms with E-state index in [-0.39, 0.29) is 11.8 Å². The Morgan fingerprint density at radius 3 is 2.63 bits per heavy atom.